The summed E-state index contributed by atoms with van der Waals surface area (Å²) >= 11 is 3.77. The Morgan fingerprint density at radius 3 is 2.64 bits per heavy atom. The molecule has 0 atom stereocenters. The number of alkyl halides is 2. The zero-order valence-electron chi connectivity index (χ0n) is 6.77. The molecule has 74 valence electrons. The molecule has 0 unspecified atom stereocenters. The quantitative estimate of drug-likeness (QED) is 0.544. The van der Waals surface area contributed by atoms with Gasteiger partial charge in [0.05, 0.1) is 23.7 Å². The average molecular weight is 420 g/mol. The van der Waals surface area contributed by atoms with Crippen molar-refractivity contribution in [3.8, 4) is 6.07 Å². The van der Waals surface area contributed by atoms with Crippen molar-refractivity contribution in [3.05, 3.63) is 24.6 Å². The fraction of sp³-hybridized carbons (Fsp3) is 0.250. The van der Waals surface area contributed by atoms with Crippen LogP contribution in [0.4, 0.5) is 8.78 Å². The van der Waals surface area contributed by atoms with Gasteiger partial charge in [-0.15, -0.1) is 0 Å². The number of pyridine rings is 1. The predicted octanol–water partition coefficient (Wildman–Crippen LogP) is 3.29. The Bertz CT molecular complexity index is 388. The van der Waals surface area contributed by atoms with E-state index in [1.807, 2.05) is 51.3 Å². The molecule has 6 heteroatoms. The molecule has 0 aliphatic rings. The van der Waals surface area contributed by atoms with Gasteiger partial charge in [0, 0.05) is 3.57 Å². The smallest absolute Gasteiger partial charge is 0.245 e. The maximum atomic E-state index is 12.6. The summed E-state index contributed by atoms with van der Waals surface area (Å²) in [4.78, 5) is 3.92. The minimum Gasteiger partial charge on any atom is -0.245 e. The lowest BCUT2D eigenvalue weighted by atomic mass is 10.1. The Labute approximate surface area is 107 Å². The highest BCUT2D eigenvalue weighted by atomic mass is 127. The lowest BCUT2D eigenvalue weighted by Gasteiger charge is -2.08. The molecular formula is C8H4F2I2N2. The lowest BCUT2D eigenvalue weighted by Crippen LogP contribution is -2.02. The number of nitriles is 1. The molecule has 0 fully saturated rings. The van der Waals surface area contributed by atoms with Crippen molar-refractivity contribution >= 4 is 45.2 Å². The van der Waals surface area contributed by atoms with Crippen LogP contribution < -0.4 is 0 Å². The third-order valence-corrected chi connectivity index (χ3v) is 2.97. The van der Waals surface area contributed by atoms with Gasteiger partial charge in [0.25, 0.3) is 6.43 Å². The van der Waals surface area contributed by atoms with Crippen LogP contribution in [0.3, 0.4) is 0 Å². The molecule has 1 heterocycles. The van der Waals surface area contributed by atoms with E-state index in [0.29, 0.717) is 7.27 Å². The van der Waals surface area contributed by atoms with E-state index in [-0.39, 0.29) is 17.7 Å². The maximum absolute atomic E-state index is 12.6. The maximum Gasteiger partial charge on any atom is 0.266 e. The van der Waals surface area contributed by atoms with Gasteiger partial charge in [-0.25, -0.2) is 13.8 Å². The van der Waals surface area contributed by atoms with Crippen LogP contribution in [-0.2, 0) is 6.42 Å². The van der Waals surface area contributed by atoms with Crippen molar-refractivity contribution in [2.75, 3.05) is 0 Å². The molecule has 0 amide bonds. The minimum atomic E-state index is -2.57. The Morgan fingerprint density at radius 1 is 1.50 bits per heavy atom. The standard InChI is InChI=1S/C8H4F2I2N2/c9-8(10)7-4(11)3-6(12)14-5(7)1-2-13/h3,8H,1H2. The summed E-state index contributed by atoms with van der Waals surface area (Å²) < 4.78 is 26.3. The zero-order chi connectivity index (χ0) is 10.7. The first-order valence-corrected chi connectivity index (χ1v) is 5.72. The van der Waals surface area contributed by atoms with Crippen molar-refractivity contribution in [1.29, 1.82) is 5.26 Å². The highest BCUT2D eigenvalue weighted by molar-refractivity contribution is 14.1. The topological polar surface area (TPSA) is 36.7 Å². The summed E-state index contributed by atoms with van der Waals surface area (Å²) in [6.45, 7) is 0. The van der Waals surface area contributed by atoms with E-state index < -0.39 is 6.43 Å². The fourth-order valence-electron chi connectivity index (χ4n) is 0.981. The van der Waals surface area contributed by atoms with Crippen LogP contribution in [0.15, 0.2) is 6.07 Å². The van der Waals surface area contributed by atoms with Crippen molar-refractivity contribution in [2.24, 2.45) is 0 Å². The summed E-state index contributed by atoms with van der Waals surface area (Å²) in [5.41, 5.74) is 0.0615. The van der Waals surface area contributed by atoms with Gasteiger partial charge in [-0.3, -0.25) is 0 Å². The molecule has 1 aromatic rings. The average Bonchev–Trinajstić information content (AvgIpc) is 2.01. The highest BCUT2D eigenvalue weighted by Crippen LogP contribution is 2.28. The van der Waals surface area contributed by atoms with E-state index >= 15 is 0 Å². The summed E-state index contributed by atoms with van der Waals surface area (Å²) in [6.07, 6.45) is -2.65. The monoisotopic (exact) mass is 420 g/mol. The molecule has 0 aliphatic carbocycles. The Morgan fingerprint density at radius 2 is 2.14 bits per heavy atom. The molecule has 1 rings (SSSR count). The summed E-state index contributed by atoms with van der Waals surface area (Å²) in [6, 6.07) is 3.40. The number of halogens is 4. The normalized spacial score (nSPS) is 10.3. The third kappa shape index (κ3) is 2.73. The van der Waals surface area contributed by atoms with Crippen LogP contribution in [0.25, 0.3) is 0 Å². The second kappa shape index (κ2) is 5.16. The first-order chi connectivity index (χ1) is 6.56. The summed E-state index contributed by atoms with van der Waals surface area (Å²) in [5.74, 6) is 0. The largest absolute Gasteiger partial charge is 0.266 e. The first kappa shape index (κ1) is 12.0. The van der Waals surface area contributed by atoms with Crippen LogP contribution in [-0.4, -0.2) is 4.98 Å². The second-order valence-corrected chi connectivity index (χ2v) is 4.69. The van der Waals surface area contributed by atoms with Crippen LogP contribution in [0, 0.1) is 18.6 Å². The van der Waals surface area contributed by atoms with E-state index in [2.05, 4.69) is 4.98 Å². The lowest BCUT2D eigenvalue weighted by molar-refractivity contribution is 0.149. The van der Waals surface area contributed by atoms with E-state index in [0.717, 1.165) is 0 Å². The molecule has 14 heavy (non-hydrogen) atoms. The van der Waals surface area contributed by atoms with E-state index in [1.165, 1.54) is 0 Å². The van der Waals surface area contributed by atoms with E-state index in [4.69, 9.17) is 5.26 Å². The SMILES string of the molecule is N#CCc1nc(I)cc(I)c1C(F)F. The minimum absolute atomic E-state index is 0.0769. The molecule has 0 aromatic carbocycles. The van der Waals surface area contributed by atoms with Crippen LogP contribution in [0.5, 0.6) is 0 Å². The number of nitrogens with zero attached hydrogens (tertiary/aromatic N) is 2. The Kier molecular flexibility index (Phi) is 4.43. The van der Waals surface area contributed by atoms with E-state index in [9.17, 15) is 8.78 Å². The fourth-order valence-corrected chi connectivity index (χ4v) is 3.02. The molecule has 0 saturated carbocycles. The van der Waals surface area contributed by atoms with Gasteiger partial charge < -0.3 is 0 Å². The van der Waals surface area contributed by atoms with Crippen LogP contribution in [0.2, 0.25) is 0 Å². The van der Waals surface area contributed by atoms with Gasteiger partial charge >= 0.3 is 0 Å². The third-order valence-electron chi connectivity index (χ3n) is 1.52. The number of rotatable bonds is 2. The predicted molar refractivity (Wildman–Crippen MR) is 63.9 cm³/mol. The number of hydrogen-bond acceptors (Lipinski definition) is 2. The van der Waals surface area contributed by atoms with Gasteiger partial charge in [-0.05, 0) is 51.2 Å². The second-order valence-electron chi connectivity index (χ2n) is 2.42. The number of hydrogen-bond donors (Lipinski definition) is 0. The summed E-state index contributed by atoms with van der Waals surface area (Å²) in [7, 11) is 0. The molecule has 0 aliphatic heterocycles. The molecule has 0 saturated heterocycles. The molecule has 0 radical (unpaired) electrons. The molecule has 1 aromatic heterocycles. The van der Waals surface area contributed by atoms with Gasteiger partial charge in [-0.2, -0.15) is 5.26 Å². The Hall–Kier alpha value is -0.0400. The summed E-state index contributed by atoms with van der Waals surface area (Å²) in [5, 5.41) is 8.47. The van der Waals surface area contributed by atoms with Gasteiger partial charge in [-0.1, -0.05) is 0 Å². The van der Waals surface area contributed by atoms with Crippen molar-refractivity contribution in [1.82, 2.24) is 4.98 Å². The van der Waals surface area contributed by atoms with Crippen LogP contribution >= 0.6 is 45.2 Å². The van der Waals surface area contributed by atoms with Crippen LogP contribution in [0.1, 0.15) is 17.7 Å². The first-order valence-electron chi connectivity index (χ1n) is 3.56. The van der Waals surface area contributed by atoms with Gasteiger partial charge in [0.2, 0.25) is 0 Å². The van der Waals surface area contributed by atoms with Gasteiger partial charge in [0.15, 0.2) is 0 Å². The molecule has 2 nitrogen and oxygen atoms in total. The highest BCUT2D eigenvalue weighted by Gasteiger charge is 2.18. The van der Waals surface area contributed by atoms with Crippen molar-refractivity contribution in [3.63, 3.8) is 0 Å². The van der Waals surface area contributed by atoms with Gasteiger partial charge in [0.1, 0.15) is 3.70 Å². The molecular weight excluding hydrogens is 416 g/mol. The number of aromatic nitrogens is 1. The molecule has 0 bridgehead atoms. The Balaban J connectivity index is 3.30. The molecule has 0 spiro atoms. The van der Waals surface area contributed by atoms with Crippen molar-refractivity contribution in [2.45, 2.75) is 12.8 Å². The van der Waals surface area contributed by atoms with E-state index in [1.54, 1.807) is 6.07 Å². The zero-order valence-corrected chi connectivity index (χ0v) is 11.1. The molecule has 0 N–H and O–H groups in total. The van der Waals surface area contributed by atoms with Crippen molar-refractivity contribution < 1.29 is 8.78 Å².